The molecule has 0 amide bonds. The Balaban J connectivity index is 0.000000561. The highest BCUT2D eigenvalue weighted by Crippen LogP contribution is 2.15. The third-order valence-electron chi connectivity index (χ3n) is 1.41. The lowest BCUT2D eigenvalue weighted by Crippen LogP contribution is -1.76. The van der Waals surface area contributed by atoms with E-state index in [2.05, 4.69) is 25.3 Å². The van der Waals surface area contributed by atoms with Gasteiger partial charge in [-0.05, 0) is 24.1 Å². The van der Waals surface area contributed by atoms with Gasteiger partial charge in [0.15, 0.2) is 0 Å². The lowest BCUT2D eigenvalue weighted by atomic mass is 10.1. The highest BCUT2D eigenvalue weighted by molar-refractivity contribution is 7.80. The first-order valence-corrected chi connectivity index (χ1v) is 4.61. The Morgan fingerprint density at radius 2 is 1.92 bits per heavy atom. The smallest absolute Gasteiger partial charge is 0.0115 e. The van der Waals surface area contributed by atoms with Gasteiger partial charge >= 0.3 is 0 Å². The van der Waals surface area contributed by atoms with Crippen molar-refractivity contribution < 1.29 is 0 Å². The highest BCUT2D eigenvalue weighted by atomic mass is 32.1. The van der Waals surface area contributed by atoms with Crippen LogP contribution in [0.5, 0.6) is 0 Å². The van der Waals surface area contributed by atoms with E-state index >= 15 is 0 Å². The second-order valence-corrected chi connectivity index (χ2v) is 2.75. The minimum Gasteiger partial charge on any atom is -0.143 e. The van der Waals surface area contributed by atoms with Crippen molar-refractivity contribution in [2.45, 2.75) is 25.7 Å². The molecule has 0 saturated carbocycles. The van der Waals surface area contributed by atoms with Crippen LogP contribution in [0.3, 0.4) is 0 Å². The maximum atomic E-state index is 4.28. The summed E-state index contributed by atoms with van der Waals surface area (Å²) in [5, 5.41) is 0. The van der Waals surface area contributed by atoms with Crippen LogP contribution in [0.15, 0.2) is 29.7 Å². The Morgan fingerprint density at radius 1 is 1.33 bits per heavy atom. The molecule has 1 aromatic rings. The fourth-order valence-corrected chi connectivity index (χ4v) is 1.20. The van der Waals surface area contributed by atoms with Gasteiger partial charge in [0.05, 0.1) is 0 Å². The molecule has 1 rings (SSSR count). The summed E-state index contributed by atoms with van der Waals surface area (Å²) in [6.45, 7) is 9.72. The number of benzene rings is 1. The summed E-state index contributed by atoms with van der Waals surface area (Å²) in [7, 11) is 0. The zero-order chi connectivity index (χ0) is 9.56. The molecule has 0 N–H and O–H groups in total. The molecule has 12 heavy (non-hydrogen) atoms. The van der Waals surface area contributed by atoms with Crippen molar-refractivity contribution in [3.8, 4) is 0 Å². The molecule has 0 spiro atoms. The topological polar surface area (TPSA) is 0 Å². The van der Waals surface area contributed by atoms with Crippen LogP contribution >= 0.6 is 12.6 Å². The Labute approximate surface area is 80.7 Å². The summed E-state index contributed by atoms with van der Waals surface area (Å²) < 4.78 is 0. The summed E-state index contributed by atoms with van der Waals surface area (Å²) >= 11 is 4.28. The molecule has 0 aromatic heterocycles. The molecule has 0 atom stereocenters. The van der Waals surface area contributed by atoms with Crippen LogP contribution in [0.25, 0.3) is 6.08 Å². The summed E-state index contributed by atoms with van der Waals surface area (Å²) in [5.41, 5.74) is 2.32. The minimum atomic E-state index is 0.995. The monoisotopic (exact) mass is 180 g/mol. The van der Waals surface area contributed by atoms with Crippen LogP contribution in [-0.2, 0) is 0 Å². The molecule has 0 fully saturated rings. The molecule has 0 bridgehead atoms. The van der Waals surface area contributed by atoms with E-state index in [9.17, 15) is 0 Å². The number of rotatable bonds is 1. The fourth-order valence-electron chi connectivity index (χ4n) is 0.826. The first-order chi connectivity index (χ1) is 5.74. The summed E-state index contributed by atoms with van der Waals surface area (Å²) in [5.74, 6) is 0. The second-order valence-electron chi connectivity index (χ2n) is 2.27. The molecule has 0 aliphatic rings. The van der Waals surface area contributed by atoms with Gasteiger partial charge < -0.3 is 0 Å². The maximum Gasteiger partial charge on any atom is 0.0115 e. The fraction of sp³-hybridized carbons (Fsp3) is 0.273. The molecule has 1 heteroatoms. The van der Waals surface area contributed by atoms with Gasteiger partial charge in [-0.3, -0.25) is 0 Å². The van der Waals surface area contributed by atoms with Crippen LogP contribution in [0.4, 0.5) is 0 Å². The van der Waals surface area contributed by atoms with Crippen molar-refractivity contribution >= 4 is 18.7 Å². The molecule has 0 aliphatic carbocycles. The Bertz CT molecular complexity index is 251. The number of thiol groups is 1. The van der Waals surface area contributed by atoms with Crippen molar-refractivity contribution in [3.05, 3.63) is 35.9 Å². The van der Waals surface area contributed by atoms with Crippen LogP contribution < -0.4 is 0 Å². The van der Waals surface area contributed by atoms with E-state index in [0.29, 0.717) is 0 Å². The van der Waals surface area contributed by atoms with Crippen molar-refractivity contribution in [1.82, 2.24) is 0 Å². The van der Waals surface area contributed by atoms with Gasteiger partial charge in [-0.1, -0.05) is 38.6 Å². The third-order valence-corrected chi connectivity index (χ3v) is 1.79. The minimum absolute atomic E-state index is 0.995. The van der Waals surface area contributed by atoms with Gasteiger partial charge in [0.1, 0.15) is 0 Å². The van der Waals surface area contributed by atoms with Crippen molar-refractivity contribution in [2.75, 3.05) is 0 Å². The molecule has 0 radical (unpaired) electrons. The first kappa shape index (κ1) is 11.3. The second kappa shape index (κ2) is 5.90. The van der Waals surface area contributed by atoms with Gasteiger partial charge in [0.2, 0.25) is 0 Å². The normalized spacial score (nSPS) is 8.33. The van der Waals surface area contributed by atoms with Gasteiger partial charge in [-0.15, -0.1) is 12.6 Å². The molecule has 0 aliphatic heterocycles. The van der Waals surface area contributed by atoms with E-state index in [1.54, 1.807) is 0 Å². The Morgan fingerprint density at radius 3 is 2.33 bits per heavy atom. The predicted octanol–water partition coefficient (Wildman–Crippen LogP) is 3.95. The predicted molar refractivity (Wildman–Crippen MR) is 59.9 cm³/mol. The van der Waals surface area contributed by atoms with Gasteiger partial charge in [-0.2, -0.15) is 0 Å². The van der Waals surface area contributed by atoms with E-state index in [-0.39, 0.29) is 0 Å². The average Bonchev–Trinajstić information content (AvgIpc) is 2.08. The summed E-state index contributed by atoms with van der Waals surface area (Å²) in [6, 6.07) is 6.10. The number of hydrogen-bond acceptors (Lipinski definition) is 1. The summed E-state index contributed by atoms with van der Waals surface area (Å²) in [4.78, 5) is 0.995. The average molecular weight is 180 g/mol. The number of hydrogen-bond donors (Lipinski definition) is 1. The van der Waals surface area contributed by atoms with E-state index in [1.165, 1.54) is 5.56 Å². The lowest BCUT2D eigenvalue weighted by Gasteiger charge is -1.98. The standard InChI is InChI=1S/C9H10S.C2H6/c1-3-8-5-4-7(2)6-9(8)10;1-2/h3-6,10H,1H2,2H3;1-2H3. The summed E-state index contributed by atoms with van der Waals surface area (Å²) in [6.07, 6.45) is 1.81. The SMILES string of the molecule is C=Cc1ccc(C)cc1S.CC. The van der Waals surface area contributed by atoms with Crippen LogP contribution in [0.2, 0.25) is 0 Å². The van der Waals surface area contributed by atoms with Crippen molar-refractivity contribution in [1.29, 1.82) is 0 Å². The van der Waals surface area contributed by atoms with Gasteiger partial charge in [0, 0.05) is 4.90 Å². The van der Waals surface area contributed by atoms with E-state index in [0.717, 1.165) is 10.5 Å². The largest absolute Gasteiger partial charge is 0.143 e. The van der Waals surface area contributed by atoms with E-state index < -0.39 is 0 Å². The molecule has 0 nitrogen and oxygen atoms in total. The highest BCUT2D eigenvalue weighted by Gasteiger charge is 1.92. The molecule has 0 saturated heterocycles. The van der Waals surface area contributed by atoms with Crippen LogP contribution in [-0.4, -0.2) is 0 Å². The van der Waals surface area contributed by atoms with Gasteiger partial charge in [0.25, 0.3) is 0 Å². The molecular formula is C11H16S. The third kappa shape index (κ3) is 3.14. The molecular weight excluding hydrogens is 164 g/mol. The molecule has 66 valence electrons. The zero-order valence-corrected chi connectivity index (χ0v) is 8.86. The van der Waals surface area contributed by atoms with Gasteiger partial charge in [-0.25, -0.2) is 0 Å². The van der Waals surface area contributed by atoms with E-state index in [4.69, 9.17) is 0 Å². The van der Waals surface area contributed by atoms with Crippen LogP contribution in [0, 0.1) is 6.92 Å². The first-order valence-electron chi connectivity index (χ1n) is 4.16. The zero-order valence-electron chi connectivity index (χ0n) is 7.96. The number of aryl methyl sites for hydroxylation is 1. The van der Waals surface area contributed by atoms with Crippen molar-refractivity contribution in [3.63, 3.8) is 0 Å². The molecule has 0 unspecified atom stereocenters. The van der Waals surface area contributed by atoms with Crippen molar-refractivity contribution in [2.24, 2.45) is 0 Å². The van der Waals surface area contributed by atoms with Crippen LogP contribution in [0.1, 0.15) is 25.0 Å². The maximum absolute atomic E-state index is 4.28. The van der Waals surface area contributed by atoms with E-state index in [1.807, 2.05) is 39.0 Å². The molecule has 1 aromatic carbocycles. The Hall–Kier alpha value is -0.690. The lowest BCUT2D eigenvalue weighted by molar-refractivity contribution is 1.35. The Kier molecular flexibility index (Phi) is 5.56. The quantitative estimate of drug-likeness (QED) is 0.621. The molecule has 0 heterocycles.